The Labute approximate surface area is 72.8 Å². The van der Waals surface area contributed by atoms with Crippen LogP contribution in [0.4, 0.5) is 5.69 Å². The third-order valence-electron chi connectivity index (χ3n) is 1.98. The molecule has 0 saturated heterocycles. The number of aromatic nitrogens is 2. The van der Waals surface area contributed by atoms with Crippen LogP contribution in [0.25, 0.3) is 0 Å². The molecule has 66 valence electrons. The SMILES string of the molecule is CC(C)Nc1cnn(C2CC2)c1. The van der Waals surface area contributed by atoms with Crippen LogP contribution in [0.15, 0.2) is 12.4 Å². The highest BCUT2D eigenvalue weighted by atomic mass is 15.3. The van der Waals surface area contributed by atoms with E-state index in [1.54, 1.807) is 0 Å². The third-order valence-corrected chi connectivity index (χ3v) is 1.98. The normalized spacial score (nSPS) is 16.9. The Morgan fingerprint density at radius 3 is 2.92 bits per heavy atom. The smallest absolute Gasteiger partial charge is 0.0728 e. The Balaban J connectivity index is 2.03. The lowest BCUT2D eigenvalue weighted by atomic mass is 10.4. The van der Waals surface area contributed by atoms with E-state index >= 15 is 0 Å². The van der Waals surface area contributed by atoms with Crippen LogP contribution < -0.4 is 5.32 Å². The van der Waals surface area contributed by atoms with Gasteiger partial charge in [-0.15, -0.1) is 0 Å². The maximum Gasteiger partial charge on any atom is 0.0728 e. The van der Waals surface area contributed by atoms with Crippen molar-refractivity contribution in [3.63, 3.8) is 0 Å². The van der Waals surface area contributed by atoms with Crippen LogP contribution in [0.3, 0.4) is 0 Å². The Morgan fingerprint density at radius 1 is 1.58 bits per heavy atom. The molecule has 0 radical (unpaired) electrons. The van der Waals surface area contributed by atoms with Gasteiger partial charge < -0.3 is 5.32 Å². The summed E-state index contributed by atoms with van der Waals surface area (Å²) in [6, 6.07) is 1.18. The molecule has 0 bridgehead atoms. The minimum Gasteiger partial charge on any atom is -0.380 e. The molecule has 1 N–H and O–H groups in total. The van der Waals surface area contributed by atoms with Crippen molar-refractivity contribution in [2.24, 2.45) is 0 Å². The van der Waals surface area contributed by atoms with E-state index in [0.717, 1.165) is 5.69 Å². The van der Waals surface area contributed by atoms with Gasteiger partial charge in [0, 0.05) is 12.2 Å². The minimum absolute atomic E-state index is 0.488. The Hall–Kier alpha value is -0.990. The van der Waals surface area contributed by atoms with Gasteiger partial charge >= 0.3 is 0 Å². The number of rotatable bonds is 3. The van der Waals surface area contributed by atoms with E-state index in [1.807, 2.05) is 6.20 Å². The van der Waals surface area contributed by atoms with Crippen molar-refractivity contribution in [1.82, 2.24) is 9.78 Å². The van der Waals surface area contributed by atoms with Crippen LogP contribution in [-0.2, 0) is 0 Å². The van der Waals surface area contributed by atoms with Gasteiger partial charge in [0.2, 0.25) is 0 Å². The highest BCUT2D eigenvalue weighted by Gasteiger charge is 2.24. The van der Waals surface area contributed by atoms with Gasteiger partial charge in [0.15, 0.2) is 0 Å². The van der Waals surface area contributed by atoms with Gasteiger partial charge in [0.05, 0.1) is 17.9 Å². The second kappa shape index (κ2) is 2.81. The maximum atomic E-state index is 4.29. The second-order valence-corrected chi connectivity index (χ2v) is 3.74. The highest BCUT2D eigenvalue weighted by molar-refractivity contribution is 5.39. The molecule has 0 unspecified atom stereocenters. The van der Waals surface area contributed by atoms with Gasteiger partial charge in [-0.05, 0) is 26.7 Å². The van der Waals surface area contributed by atoms with E-state index in [-0.39, 0.29) is 0 Å². The van der Waals surface area contributed by atoms with Crippen LogP contribution in [0.2, 0.25) is 0 Å². The summed E-state index contributed by atoms with van der Waals surface area (Å²) in [5, 5.41) is 7.61. The van der Waals surface area contributed by atoms with Gasteiger partial charge in [-0.25, -0.2) is 0 Å². The molecule has 0 aromatic carbocycles. The van der Waals surface area contributed by atoms with Gasteiger partial charge in [-0.3, -0.25) is 4.68 Å². The number of nitrogens with zero attached hydrogens (tertiary/aromatic N) is 2. The van der Waals surface area contributed by atoms with E-state index in [1.165, 1.54) is 12.8 Å². The molecule has 0 amide bonds. The van der Waals surface area contributed by atoms with Gasteiger partial charge in [0.1, 0.15) is 0 Å². The van der Waals surface area contributed by atoms with E-state index in [9.17, 15) is 0 Å². The van der Waals surface area contributed by atoms with E-state index in [4.69, 9.17) is 0 Å². The fourth-order valence-electron chi connectivity index (χ4n) is 1.28. The molecule has 1 heterocycles. The first-order chi connectivity index (χ1) is 5.75. The van der Waals surface area contributed by atoms with Crippen molar-refractivity contribution in [1.29, 1.82) is 0 Å². The molecule has 0 aliphatic heterocycles. The first-order valence-corrected chi connectivity index (χ1v) is 4.56. The van der Waals surface area contributed by atoms with Crippen molar-refractivity contribution in [2.75, 3.05) is 5.32 Å². The van der Waals surface area contributed by atoms with Crippen molar-refractivity contribution >= 4 is 5.69 Å². The maximum absolute atomic E-state index is 4.29. The van der Waals surface area contributed by atoms with E-state index in [0.29, 0.717) is 12.1 Å². The fourth-order valence-corrected chi connectivity index (χ4v) is 1.28. The number of hydrogen-bond donors (Lipinski definition) is 1. The molecule has 1 saturated carbocycles. The van der Waals surface area contributed by atoms with Gasteiger partial charge in [0.25, 0.3) is 0 Å². The quantitative estimate of drug-likeness (QED) is 0.742. The molecular formula is C9H15N3. The summed E-state index contributed by atoms with van der Waals surface area (Å²) in [6.07, 6.45) is 6.58. The first kappa shape index (κ1) is 7.65. The highest BCUT2D eigenvalue weighted by Crippen LogP contribution is 2.34. The van der Waals surface area contributed by atoms with E-state index < -0.39 is 0 Å². The topological polar surface area (TPSA) is 29.9 Å². The average Bonchev–Trinajstić information content (AvgIpc) is 2.73. The molecule has 3 heteroatoms. The Kier molecular flexibility index (Phi) is 1.79. The third kappa shape index (κ3) is 1.60. The Bertz CT molecular complexity index is 260. The molecule has 3 nitrogen and oxygen atoms in total. The van der Waals surface area contributed by atoms with Crippen LogP contribution in [0.5, 0.6) is 0 Å². The Morgan fingerprint density at radius 2 is 2.33 bits per heavy atom. The van der Waals surface area contributed by atoms with Crippen LogP contribution in [-0.4, -0.2) is 15.8 Å². The summed E-state index contributed by atoms with van der Waals surface area (Å²) < 4.78 is 2.06. The van der Waals surface area contributed by atoms with Gasteiger partial charge in [-0.1, -0.05) is 0 Å². The summed E-state index contributed by atoms with van der Waals surface area (Å²) in [7, 11) is 0. The molecule has 1 aromatic heterocycles. The summed E-state index contributed by atoms with van der Waals surface area (Å²) >= 11 is 0. The molecule has 12 heavy (non-hydrogen) atoms. The fraction of sp³-hybridized carbons (Fsp3) is 0.667. The van der Waals surface area contributed by atoms with Gasteiger partial charge in [-0.2, -0.15) is 5.10 Å². The van der Waals surface area contributed by atoms with Crippen LogP contribution in [0, 0.1) is 0 Å². The largest absolute Gasteiger partial charge is 0.380 e. The van der Waals surface area contributed by atoms with Crippen molar-refractivity contribution in [2.45, 2.75) is 38.8 Å². The molecular weight excluding hydrogens is 150 g/mol. The first-order valence-electron chi connectivity index (χ1n) is 4.56. The zero-order valence-corrected chi connectivity index (χ0v) is 7.62. The standard InChI is InChI=1S/C9H15N3/c1-7(2)11-8-5-10-12(6-8)9-3-4-9/h5-7,9,11H,3-4H2,1-2H3. The van der Waals surface area contributed by atoms with E-state index in [2.05, 4.69) is 35.1 Å². The molecule has 1 aliphatic rings. The summed E-state index contributed by atoms with van der Waals surface area (Å²) in [4.78, 5) is 0. The summed E-state index contributed by atoms with van der Waals surface area (Å²) in [5.74, 6) is 0. The predicted molar refractivity (Wildman–Crippen MR) is 49.3 cm³/mol. The lowest BCUT2D eigenvalue weighted by molar-refractivity contribution is 0.641. The minimum atomic E-state index is 0.488. The zero-order valence-electron chi connectivity index (χ0n) is 7.62. The molecule has 1 aliphatic carbocycles. The second-order valence-electron chi connectivity index (χ2n) is 3.74. The summed E-state index contributed by atoms with van der Waals surface area (Å²) in [5.41, 5.74) is 1.14. The van der Waals surface area contributed by atoms with Crippen molar-refractivity contribution in [3.8, 4) is 0 Å². The number of anilines is 1. The zero-order chi connectivity index (χ0) is 8.55. The lowest BCUT2D eigenvalue weighted by Crippen LogP contribution is -2.08. The van der Waals surface area contributed by atoms with Crippen LogP contribution >= 0.6 is 0 Å². The average molecular weight is 165 g/mol. The van der Waals surface area contributed by atoms with Crippen molar-refractivity contribution in [3.05, 3.63) is 12.4 Å². The molecule has 0 spiro atoms. The number of hydrogen-bond acceptors (Lipinski definition) is 2. The van der Waals surface area contributed by atoms with Crippen LogP contribution in [0.1, 0.15) is 32.7 Å². The molecule has 0 atom stereocenters. The molecule has 1 aromatic rings. The monoisotopic (exact) mass is 165 g/mol. The van der Waals surface area contributed by atoms with Crippen molar-refractivity contribution < 1.29 is 0 Å². The number of nitrogens with one attached hydrogen (secondary N) is 1. The predicted octanol–water partition coefficient (Wildman–Crippen LogP) is 2.04. The molecule has 1 fully saturated rings. The molecule has 2 rings (SSSR count). The summed E-state index contributed by atoms with van der Waals surface area (Å²) in [6.45, 7) is 4.27. The lowest BCUT2D eigenvalue weighted by Gasteiger charge is -2.05.